The second-order valence-electron chi connectivity index (χ2n) is 0. The third-order valence-electron chi connectivity index (χ3n) is 0. The van der Waals surface area contributed by atoms with Crippen LogP contribution >= 0.6 is 12.4 Å². The van der Waals surface area contributed by atoms with Crippen LogP contribution in [0.1, 0.15) is 4.28 Å². The van der Waals surface area contributed by atoms with E-state index in [0.29, 0.717) is 0 Å². The van der Waals surface area contributed by atoms with Crippen LogP contribution in [0.15, 0.2) is 0 Å². The Hall–Kier alpha value is 2.82. The molecule has 1 nitrogen and oxygen atoms in total. The molecule has 0 aliphatic heterocycles. The molecule has 0 aliphatic rings. The molecule has 0 rings (SSSR count). The van der Waals surface area contributed by atoms with Crippen molar-refractivity contribution >= 4 is 61.3 Å². The molecule has 0 heterocycles. The fourth-order valence-electron chi connectivity index (χ4n) is 0. The van der Waals surface area contributed by atoms with E-state index in [2.05, 4.69) is 0 Å². The van der Waals surface area contributed by atoms with Crippen LogP contribution in [0.2, 0.25) is 0 Å². The molecular weight excluding hydrogens is 212 g/mol. The van der Waals surface area contributed by atoms with Crippen molar-refractivity contribution in [1.29, 1.82) is 0 Å². The van der Waals surface area contributed by atoms with Crippen LogP contribution in [0.25, 0.3) is 0 Å². The number of hydrogen-bond donors (Lipinski definition) is 0. The van der Waals surface area contributed by atoms with Gasteiger partial charge in [0.05, 0.1) is 0 Å². The van der Waals surface area contributed by atoms with Crippen LogP contribution in [0.3, 0.4) is 0 Å². The predicted octanol–water partition coefficient (Wildman–Crippen LogP) is -3.44. The summed E-state index contributed by atoms with van der Waals surface area (Å²) in [6, 6.07) is 0. The minimum Gasteiger partial charge on any atom is -1.00 e. The van der Waals surface area contributed by atoms with Gasteiger partial charge in [0.2, 0.25) is 0 Å². The molecule has 0 amide bonds. The Kier molecular flexibility index (Phi) is 123. The Balaban J connectivity index is 0. The van der Waals surface area contributed by atoms with Gasteiger partial charge in [-0.3, -0.25) is 0 Å². The summed E-state index contributed by atoms with van der Waals surface area (Å²) >= 11 is 0. The minimum atomic E-state index is 0. The van der Waals surface area contributed by atoms with Crippen LogP contribution in [-0.4, -0.2) is 54.4 Å². The molecule has 0 aromatic rings. The average Bonchev–Trinajstić information content (AvgIpc) is 0. The third-order valence-corrected chi connectivity index (χ3v) is 0. The maximum absolute atomic E-state index is 0. The van der Waals surface area contributed by atoms with Crippen molar-refractivity contribution in [1.82, 2.24) is 0 Å². The summed E-state index contributed by atoms with van der Waals surface area (Å²) in [6.07, 6.45) is 0. The summed E-state index contributed by atoms with van der Waals surface area (Å²) in [7, 11) is 0. The van der Waals surface area contributed by atoms with E-state index in [0.717, 1.165) is 0 Å². The molecule has 0 aromatic carbocycles. The Morgan fingerprint density at radius 3 is 1.25 bits per heavy atom. The summed E-state index contributed by atoms with van der Waals surface area (Å²) in [6.45, 7) is 0. The summed E-state index contributed by atoms with van der Waals surface area (Å²) < 4.78 is 0. The summed E-state index contributed by atoms with van der Waals surface area (Å²) in [5.41, 5.74) is 0. The van der Waals surface area contributed by atoms with Crippen molar-refractivity contribution in [2.45, 2.75) is 0 Å². The molecule has 0 bridgehead atoms. The van der Waals surface area contributed by atoms with E-state index in [1.165, 1.54) is 0 Å². The van der Waals surface area contributed by atoms with E-state index >= 15 is 0 Å². The van der Waals surface area contributed by atoms with Gasteiger partial charge in [-0.15, -0.1) is 12.4 Å². The second-order valence-corrected chi connectivity index (χ2v) is 0. The third kappa shape index (κ3) is 8.84. The Bertz CT molecular complexity index is 14.9. The first-order chi connectivity index (χ1) is 0. The molecule has 0 aliphatic carbocycles. The van der Waals surface area contributed by atoms with Crippen LogP contribution in [0, 0.1) is 0 Å². The van der Waals surface area contributed by atoms with Gasteiger partial charge in [-0.05, 0) is 0 Å². The van der Waals surface area contributed by atoms with Gasteiger partial charge in [0, 0.05) is 0 Å². The van der Waals surface area contributed by atoms with Crippen molar-refractivity contribution < 1.29 is 39.3 Å². The molecule has 0 atom stereocenters. The Morgan fingerprint density at radius 2 is 1.25 bits per heavy atom. The molecule has 22 valence electrons. The maximum Gasteiger partial charge on any atom is 2.00 e. The van der Waals surface area contributed by atoms with Crippen LogP contribution in [0.4, 0.5) is 0 Å². The Morgan fingerprint density at radius 1 is 1.25 bits per heavy atom. The smallest absolute Gasteiger partial charge is 1.00 e. The first-order valence-electron chi connectivity index (χ1n) is 0. The zero-order valence-electron chi connectivity index (χ0n) is 5.62. The molecule has 4 heavy (non-hydrogen) atoms. The molecule has 0 radical (unpaired) electrons. The second kappa shape index (κ2) is 17.0. The van der Waals surface area contributed by atoms with E-state index in [1.807, 2.05) is 0 Å². The maximum atomic E-state index is 0. The van der Waals surface area contributed by atoms with Gasteiger partial charge in [-0.25, -0.2) is 0 Å². The zero-order valence-corrected chi connectivity index (χ0v) is 9.87. The summed E-state index contributed by atoms with van der Waals surface area (Å²) in [5, 5.41) is 0. The average molecular weight is 218 g/mol. The first-order valence-corrected chi connectivity index (χ1v) is 0. The molecule has 4 heteroatoms. The standard InChI is InChI=1S/Ba.ClH.Na.H2O.3H/h;1H;;1H2;;;/q+2;;+1;;3*-1. The van der Waals surface area contributed by atoms with Gasteiger partial charge in [0.25, 0.3) is 0 Å². The van der Waals surface area contributed by atoms with Gasteiger partial charge < -0.3 is 9.76 Å². The van der Waals surface area contributed by atoms with Crippen LogP contribution in [-0.2, 0) is 0 Å². The first kappa shape index (κ1) is 29.0. The van der Waals surface area contributed by atoms with Crippen molar-refractivity contribution in [3.63, 3.8) is 0 Å². The van der Waals surface area contributed by atoms with Gasteiger partial charge in [-0.1, -0.05) is 0 Å². The molecule has 0 saturated carbocycles. The molecule has 0 saturated heterocycles. The van der Waals surface area contributed by atoms with Crippen molar-refractivity contribution in [3.05, 3.63) is 0 Å². The van der Waals surface area contributed by atoms with E-state index in [9.17, 15) is 0 Å². The monoisotopic (exact) mass is 218 g/mol. The number of hydrogen-bond acceptors (Lipinski definition) is 0. The minimum absolute atomic E-state index is 0. The molecule has 0 fully saturated rings. The number of halogens is 1. The van der Waals surface area contributed by atoms with Gasteiger partial charge in [-0.2, -0.15) is 0 Å². The topological polar surface area (TPSA) is 31.5 Å². The van der Waals surface area contributed by atoms with Gasteiger partial charge in [0.15, 0.2) is 0 Å². The van der Waals surface area contributed by atoms with Gasteiger partial charge >= 0.3 is 78.4 Å². The van der Waals surface area contributed by atoms with Crippen LogP contribution < -0.4 is 29.6 Å². The SMILES string of the molecule is Cl.O.[Ba+2].[H-].[H-].[H-].[Na+]. The summed E-state index contributed by atoms with van der Waals surface area (Å²) in [4.78, 5) is 0. The zero-order chi connectivity index (χ0) is 0. The molecule has 0 aromatic heterocycles. The molecule has 0 spiro atoms. The van der Waals surface area contributed by atoms with E-state index < -0.39 is 0 Å². The number of rotatable bonds is 0. The normalized spacial score (nSPS) is 0. The fraction of sp³-hybridized carbons (Fsp3) is 0. The van der Waals surface area contributed by atoms with Crippen molar-refractivity contribution in [3.8, 4) is 0 Å². The van der Waals surface area contributed by atoms with E-state index in [4.69, 9.17) is 0 Å². The molecule has 0 unspecified atom stereocenters. The fourth-order valence-corrected chi connectivity index (χ4v) is 0. The molecule has 2 N–H and O–H groups in total. The molecular formula is H6BaClNaO. The quantitative estimate of drug-likeness (QED) is 0.379. The Labute approximate surface area is 98.4 Å². The van der Waals surface area contributed by atoms with E-state index in [1.54, 1.807) is 0 Å². The van der Waals surface area contributed by atoms with Gasteiger partial charge in [0.1, 0.15) is 0 Å². The summed E-state index contributed by atoms with van der Waals surface area (Å²) in [5.74, 6) is 0. The van der Waals surface area contributed by atoms with Crippen molar-refractivity contribution in [2.24, 2.45) is 0 Å². The predicted molar refractivity (Wildman–Crippen MR) is 20.0 cm³/mol. The van der Waals surface area contributed by atoms with Crippen LogP contribution in [0.5, 0.6) is 0 Å². The largest absolute Gasteiger partial charge is 2.00 e. The van der Waals surface area contributed by atoms with E-state index in [-0.39, 0.29) is 101 Å². The van der Waals surface area contributed by atoms with Crippen molar-refractivity contribution in [2.75, 3.05) is 0 Å².